The summed E-state index contributed by atoms with van der Waals surface area (Å²) in [4.78, 5) is 21.4. The Morgan fingerprint density at radius 1 is 1.31 bits per heavy atom. The summed E-state index contributed by atoms with van der Waals surface area (Å²) >= 11 is 0. The third-order valence-corrected chi connectivity index (χ3v) is 7.90. The normalized spacial score (nSPS) is 21.8. The van der Waals surface area contributed by atoms with Crippen molar-refractivity contribution in [1.29, 1.82) is 0 Å². The molecule has 192 valence electrons. The number of anilines is 1. The molecule has 0 spiro atoms. The Morgan fingerprint density at radius 2 is 2.06 bits per heavy atom. The average molecular weight is 506 g/mol. The highest BCUT2D eigenvalue weighted by atomic mass is 32.2. The number of fused-ring (bicyclic) bond motifs is 1. The fraction of sp³-hybridized carbons (Fsp3) is 0.583. The van der Waals surface area contributed by atoms with Crippen LogP contribution in [0.3, 0.4) is 0 Å². The third kappa shape index (κ3) is 5.79. The number of hydrogen-bond donors (Lipinski definition) is 2. The molecule has 4 rings (SSSR count). The minimum Gasteiger partial charge on any atom is -0.486 e. The number of hydrogen-bond acceptors (Lipinski definition) is 7. The van der Waals surface area contributed by atoms with Crippen molar-refractivity contribution in [3.8, 4) is 5.75 Å². The van der Waals surface area contributed by atoms with E-state index in [0.717, 1.165) is 6.54 Å². The number of aliphatic hydroxyl groups excluding tert-OH is 1. The van der Waals surface area contributed by atoms with Crippen LogP contribution >= 0.6 is 0 Å². The van der Waals surface area contributed by atoms with E-state index in [4.69, 9.17) is 4.74 Å². The highest BCUT2D eigenvalue weighted by molar-refractivity contribution is 7.92. The number of aromatic nitrogens is 2. The maximum absolute atomic E-state index is 13.5. The van der Waals surface area contributed by atoms with Gasteiger partial charge in [0.15, 0.2) is 10.8 Å². The predicted octanol–water partition coefficient (Wildman–Crippen LogP) is 1.78. The summed E-state index contributed by atoms with van der Waals surface area (Å²) in [5.74, 6) is 0.549. The standard InChI is InChI=1S/C24H35N5O5S/c1-16-10-29(17(2)14-30)24(31)19-6-5-7-20(26-35(32,33)22-13-28(4)15-25-22)23(19)34-21(16)12-27(3)11-18-8-9-18/h5-7,13,15-18,21,26,30H,8-12,14H2,1-4H3/t16-,17-,21-/m0/s1. The lowest BCUT2D eigenvalue weighted by Crippen LogP contribution is -2.50. The number of likely N-dealkylation sites (N-methyl/N-ethyl adjacent to an activating group) is 1. The van der Waals surface area contributed by atoms with E-state index in [1.807, 2.05) is 6.92 Å². The number of sulfonamides is 1. The number of nitrogens with one attached hydrogen (secondary N) is 1. The van der Waals surface area contributed by atoms with E-state index >= 15 is 0 Å². The Balaban J connectivity index is 1.72. The lowest BCUT2D eigenvalue weighted by molar-refractivity contribution is 0.0346. The minimum atomic E-state index is -4.00. The predicted molar refractivity (Wildman–Crippen MR) is 132 cm³/mol. The van der Waals surface area contributed by atoms with Gasteiger partial charge in [0.05, 0.1) is 30.2 Å². The average Bonchev–Trinajstić information content (AvgIpc) is 3.51. The van der Waals surface area contributed by atoms with Crippen molar-refractivity contribution in [2.24, 2.45) is 18.9 Å². The van der Waals surface area contributed by atoms with Crippen LogP contribution in [0.15, 0.2) is 35.7 Å². The summed E-state index contributed by atoms with van der Waals surface area (Å²) in [6, 6.07) is 4.45. The molecule has 2 aromatic rings. The van der Waals surface area contributed by atoms with Crippen LogP contribution < -0.4 is 9.46 Å². The van der Waals surface area contributed by atoms with Crippen LogP contribution in [0.1, 0.15) is 37.0 Å². The zero-order chi connectivity index (χ0) is 25.3. The first kappa shape index (κ1) is 25.5. The van der Waals surface area contributed by atoms with Crippen LogP contribution in [0.25, 0.3) is 0 Å². The summed E-state index contributed by atoms with van der Waals surface area (Å²) in [6.45, 7) is 5.68. The van der Waals surface area contributed by atoms with Gasteiger partial charge in [-0.25, -0.2) is 4.98 Å². The van der Waals surface area contributed by atoms with E-state index in [-0.39, 0.29) is 46.6 Å². The Hall–Kier alpha value is -2.63. The molecule has 0 bridgehead atoms. The van der Waals surface area contributed by atoms with E-state index in [1.165, 1.54) is 25.4 Å². The molecule has 0 radical (unpaired) electrons. The van der Waals surface area contributed by atoms with Gasteiger partial charge in [0.2, 0.25) is 0 Å². The van der Waals surface area contributed by atoms with Crippen molar-refractivity contribution in [2.75, 3.05) is 38.0 Å². The van der Waals surface area contributed by atoms with E-state index in [9.17, 15) is 18.3 Å². The SMILES string of the molecule is C[C@H]1CN([C@@H](C)CO)C(=O)c2cccc(NS(=O)(=O)c3cn(C)cn3)c2O[C@H]1CN(C)CC1CC1. The molecule has 10 nitrogen and oxygen atoms in total. The van der Waals surface area contributed by atoms with Gasteiger partial charge in [0.1, 0.15) is 6.10 Å². The minimum absolute atomic E-state index is 0.0526. The highest BCUT2D eigenvalue weighted by Crippen LogP contribution is 2.36. The third-order valence-electron chi connectivity index (χ3n) is 6.65. The number of ether oxygens (including phenoxy) is 1. The Morgan fingerprint density at radius 3 is 2.69 bits per heavy atom. The number of aryl methyl sites for hydroxylation is 1. The highest BCUT2D eigenvalue weighted by Gasteiger charge is 2.35. The van der Waals surface area contributed by atoms with Crippen molar-refractivity contribution in [3.63, 3.8) is 0 Å². The molecule has 1 aliphatic heterocycles. The van der Waals surface area contributed by atoms with Gasteiger partial charge in [-0.1, -0.05) is 13.0 Å². The fourth-order valence-corrected chi connectivity index (χ4v) is 5.43. The molecule has 11 heteroatoms. The maximum Gasteiger partial charge on any atom is 0.281 e. The first-order chi connectivity index (χ1) is 16.6. The Bertz CT molecular complexity index is 1160. The summed E-state index contributed by atoms with van der Waals surface area (Å²) in [7, 11) is -0.252. The van der Waals surface area contributed by atoms with E-state index < -0.39 is 16.1 Å². The zero-order valence-electron chi connectivity index (χ0n) is 20.7. The number of rotatable bonds is 9. The molecular formula is C24H35N5O5S. The van der Waals surface area contributed by atoms with Crippen LogP contribution in [0.4, 0.5) is 5.69 Å². The molecule has 0 saturated heterocycles. The smallest absolute Gasteiger partial charge is 0.281 e. The van der Waals surface area contributed by atoms with Crippen molar-refractivity contribution >= 4 is 21.6 Å². The largest absolute Gasteiger partial charge is 0.486 e. The maximum atomic E-state index is 13.5. The van der Waals surface area contributed by atoms with Gasteiger partial charge in [-0.2, -0.15) is 8.42 Å². The van der Waals surface area contributed by atoms with E-state index in [1.54, 1.807) is 41.6 Å². The second-order valence-corrected chi connectivity index (χ2v) is 11.6. The first-order valence-corrected chi connectivity index (χ1v) is 13.5. The van der Waals surface area contributed by atoms with Gasteiger partial charge < -0.3 is 24.2 Å². The summed E-state index contributed by atoms with van der Waals surface area (Å²) in [5, 5.41) is 9.69. The van der Waals surface area contributed by atoms with Gasteiger partial charge >= 0.3 is 0 Å². The van der Waals surface area contributed by atoms with Crippen molar-refractivity contribution < 1.29 is 23.1 Å². The fourth-order valence-electron chi connectivity index (χ4n) is 4.39. The quantitative estimate of drug-likeness (QED) is 0.534. The molecule has 1 aromatic carbocycles. The topological polar surface area (TPSA) is 117 Å². The molecule has 1 aliphatic carbocycles. The van der Waals surface area contributed by atoms with Crippen molar-refractivity contribution in [3.05, 3.63) is 36.3 Å². The van der Waals surface area contributed by atoms with Gasteiger partial charge in [-0.3, -0.25) is 9.52 Å². The van der Waals surface area contributed by atoms with Crippen LogP contribution in [0.5, 0.6) is 5.75 Å². The number of carbonyl (C=O) groups is 1. The van der Waals surface area contributed by atoms with Gasteiger partial charge in [0, 0.05) is 38.8 Å². The molecule has 1 saturated carbocycles. The molecule has 3 atom stereocenters. The second-order valence-electron chi connectivity index (χ2n) is 9.95. The zero-order valence-corrected chi connectivity index (χ0v) is 21.5. The number of nitrogens with zero attached hydrogens (tertiary/aromatic N) is 4. The van der Waals surface area contributed by atoms with E-state index in [0.29, 0.717) is 19.0 Å². The molecule has 1 fully saturated rings. The van der Waals surface area contributed by atoms with Crippen molar-refractivity contribution in [2.45, 2.75) is 43.9 Å². The number of carbonyl (C=O) groups excluding carboxylic acids is 1. The number of aliphatic hydroxyl groups is 1. The number of para-hydroxylation sites is 1. The van der Waals surface area contributed by atoms with Crippen LogP contribution in [0, 0.1) is 11.8 Å². The summed E-state index contributed by atoms with van der Waals surface area (Å²) in [5.41, 5.74) is 0.440. The molecule has 2 aliphatic rings. The molecule has 1 aromatic heterocycles. The number of amides is 1. The van der Waals surface area contributed by atoms with Crippen LogP contribution in [0.2, 0.25) is 0 Å². The summed E-state index contributed by atoms with van der Waals surface area (Å²) < 4.78 is 36.6. The van der Waals surface area contributed by atoms with E-state index in [2.05, 4.69) is 21.7 Å². The molecule has 2 heterocycles. The Kier molecular flexibility index (Phi) is 7.39. The lowest BCUT2D eigenvalue weighted by Gasteiger charge is -2.38. The van der Waals surface area contributed by atoms with Gasteiger partial charge in [-0.05, 0) is 44.9 Å². The second kappa shape index (κ2) is 10.2. The summed E-state index contributed by atoms with van der Waals surface area (Å²) in [6.07, 6.45) is 5.00. The Labute approximate surface area is 206 Å². The molecule has 2 N–H and O–H groups in total. The monoisotopic (exact) mass is 505 g/mol. The van der Waals surface area contributed by atoms with Crippen molar-refractivity contribution in [1.82, 2.24) is 19.4 Å². The van der Waals surface area contributed by atoms with Crippen LogP contribution in [-0.2, 0) is 17.1 Å². The molecule has 0 unspecified atom stereocenters. The lowest BCUT2D eigenvalue weighted by atomic mass is 9.99. The van der Waals surface area contributed by atoms with Gasteiger partial charge in [-0.15, -0.1) is 0 Å². The molecular weight excluding hydrogens is 470 g/mol. The molecule has 1 amide bonds. The number of benzene rings is 1. The van der Waals surface area contributed by atoms with Gasteiger partial charge in [0.25, 0.3) is 15.9 Å². The number of imidazole rings is 1. The first-order valence-electron chi connectivity index (χ1n) is 12.0. The van der Waals surface area contributed by atoms with Crippen LogP contribution in [-0.4, -0.2) is 84.2 Å². The molecule has 35 heavy (non-hydrogen) atoms.